The molecule has 1 aromatic carbocycles. The van der Waals surface area contributed by atoms with Crippen LogP contribution in [-0.2, 0) is 6.42 Å². The quantitative estimate of drug-likeness (QED) is 0.834. The van der Waals surface area contributed by atoms with Crippen LogP contribution in [0.15, 0.2) is 12.1 Å². The third kappa shape index (κ3) is 1.73. The van der Waals surface area contributed by atoms with Crippen molar-refractivity contribution in [3.05, 3.63) is 33.4 Å². The molecule has 80 valence electrons. The molecule has 2 aromatic rings. The molecule has 1 aromatic heterocycles. The fourth-order valence-corrected chi connectivity index (χ4v) is 2.23. The third-order valence-corrected chi connectivity index (χ3v) is 3.38. The van der Waals surface area contributed by atoms with E-state index in [1.54, 1.807) is 0 Å². The lowest BCUT2D eigenvalue weighted by atomic mass is 10.1. The van der Waals surface area contributed by atoms with Crippen molar-refractivity contribution in [2.24, 2.45) is 5.73 Å². The number of H-pyrrole nitrogens is 1. The van der Waals surface area contributed by atoms with Crippen molar-refractivity contribution in [1.29, 1.82) is 0 Å². The zero-order valence-corrected chi connectivity index (χ0v) is 9.91. The number of halogens is 2. The van der Waals surface area contributed by atoms with Gasteiger partial charge in [0.05, 0.1) is 15.6 Å². The van der Waals surface area contributed by atoms with Gasteiger partial charge in [0.2, 0.25) is 0 Å². The Kier molecular flexibility index (Phi) is 2.91. The van der Waals surface area contributed by atoms with Gasteiger partial charge in [-0.3, -0.25) is 0 Å². The van der Waals surface area contributed by atoms with E-state index >= 15 is 0 Å². The largest absolute Gasteiger partial charge is 0.357 e. The number of fused-ring (bicyclic) bond motifs is 1. The molecule has 0 saturated heterocycles. The highest BCUT2D eigenvalue weighted by Crippen LogP contribution is 2.33. The van der Waals surface area contributed by atoms with Crippen molar-refractivity contribution in [1.82, 2.24) is 4.98 Å². The molecule has 4 heteroatoms. The van der Waals surface area contributed by atoms with Gasteiger partial charge in [-0.25, -0.2) is 0 Å². The van der Waals surface area contributed by atoms with Crippen LogP contribution in [0.25, 0.3) is 10.9 Å². The van der Waals surface area contributed by atoms with Gasteiger partial charge in [-0.05, 0) is 31.5 Å². The van der Waals surface area contributed by atoms with Gasteiger partial charge < -0.3 is 10.7 Å². The van der Waals surface area contributed by atoms with Gasteiger partial charge in [0, 0.05) is 11.1 Å². The van der Waals surface area contributed by atoms with Crippen LogP contribution in [-0.4, -0.2) is 11.5 Å². The maximum atomic E-state index is 6.12. The van der Waals surface area contributed by atoms with E-state index in [1.165, 1.54) is 5.56 Å². The van der Waals surface area contributed by atoms with Crippen LogP contribution in [0.4, 0.5) is 0 Å². The lowest BCUT2D eigenvalue weighted by Crippen LogP contribution is -2.03. The fourth-order valence-electron chi connectivity index (χ4n) is 1.86. The maximum absolute atomic E-state index is 6.12. The molecule has 1 heterocycles. The highest BCUT2D eigenvalue weighted by molar-refractivity contribution is 6.45. The van der Waals surface area contributed by atoms with Crippen molar-refractivity contribution in [2.45, 2.75) is 13.3 Å². The lowest BCUT2D eigenvalue weighted by Gasteiger charge is -1.99. The Balaban J connectivity index is 2.73. The number of hydrogen-bond acceptors (Lipinski definition) is 1. The van der Waals surface area contributed by atoms with E-state index in [2.05, 4.69) is 4.98 Å². The molecule has 2 nitrogen and oxygen atoms in total. The summed E-state index contributed by atoms with van der Waals surface area (Å²) < 4.78 is 0. The van der Waals surface area contributed by atoms with Crippen LogP contribution in [0.1, 0.15) is 11.3 Å². The summed E-state index contributed by atoms with van der Waals surface area (Å²) in [4.78, 5) is 3.25. The summed E-state index contributed by atoms with van der Waals surface area (Å²) in [6.45, 7) is 2.66. The van der Waals surface area contributed by atoms with Gasteiger partial charge in [0.1, 0.15) is 0 Å². The van der Waals surface area contributed by atoms with Gasteiger partial charge in [-0.2, -0.15) is 0 Å². The number of rotatable bonds is 2. The summed E-state index contributed by atoms with van der Waals surface area (Å²) in [5, 5.41) is 2.28. The first-order valence-electron chi connectivity index (χ1n) is 4.80. The summed E-state index contributed by atoms with van der Waals surface area (Å²) >= 11 is 12.1. The molecule has 0 aliphatic carbocycles. The summed E-state index contributed by atoms with van der Waals surface area (Å²) in [6.07, 6.45) is 0.851. The van der Waals surface area contributed by atoms with Gasteiger partial charge in [-0.15, -0.1) is 0 Å². The number of hydrogen-bond donors (Lipinski definition) is 2. The molecule has 3 N–H and O–H groups in total. The van der Waals surface area contributed by atoms with Crippen LogP contribution < -0.4 is 5.73 Å². The van der Waals surface area contributed by atoms with E-state index in [4.69, 9.17) is 28.9 Å². The number of benzene rings is 1. The smallest absolute Gasteiger partial charge is 0.0833 e. The van der Waals surface area contributed by atoms with Gasteiger partial charge in [0.25, 0.3) is 0 Å². The number of aromatic nitrogens is 1. The maximum Gasteiger partial charge on any atom is 0.0833 e. The molecular formula is C11H12Cl2N2. The average molecular weight is 243 g/mol. The minimum absolute atomic E-state index is 0.574. The van der Waals surface area contributed by atoms with E-state index in [0.717, 1.165) is 23.0 Å². The minimum atomic E-state index is 0.574. The Labute approximate surface area is 98.4 Å². The second-order valence-corrected chi connectivity index (χ2v) is 4.34. The first-order chi connectivity index (χ1) is 7.15. The van der Waals surface area contributed by atoms with Crippen LogP contribution >= 0.6 is 23.2 Å². The molecule has 0 spiro atoms. The minimum Gasteiger partial charge on any atom is -0.357 e. The molecule has 15 heavy (non-hydrogen) atoms. The van der Waals surface area contributed by atoms with Crippen molar-refractivity contribution in [3.8, 4) is 0 Å². The monoisotopic (exact) mass is 242 g/mol. The van der Waals surface area contributed by atoms with E-state index in [1.807, 2.05) is 19.1 Å². The number of nitrogens with two attached hydrogens (primary N) is 1. The lowest BCUT2D eigenvalue weighted by molar-refractivity contribution is 0.963. The second kappa shape index (κ2) is 4.05. The Morgan fingerprint density at radius 2 is 2.07 bits per heavy atom. The van der Waals surface area contributed by atoms with Crippen molar-refractivity contribution in [3.63, 3.8) is 0 Å². The summed E-state index contributed by atoms with van der Waals surface area (Å²) in [7, 11) is 0. The van der Waals surface area contributed by atoms with E-state index < -0.39 is 0 Å². The standard InChI is InChI=1S/C11H12Cl2N2/c1-6-7(4-5-14)8-2-3-9(12)10(13)11(8)15-6/h2-3,15H,4-5,14H2,1H3. The normalized spacial score (nSPS) is 11.2. The molecule has 0 aliphatic heterocycles. The Morgan fingerprint density at radius 3 is 2.73 bits per heavy atom. The van der Waals surface area contributed by atoms with Crippen LogP contribution in [0.3, 0.4) is 0 Å². The Morgan fingerprint density at radius 1 is 1.33 bits per heavy atom. The molecular weight excluding hydrogens is 231 g/mol. The first-order valence-corrected chi connectivity index (χ1v) is 5.56. The van der Waals surface area contributed by atoms with Crippen molar-refractivity contribution < 1.29 is 0 Å². The second-order valence-electron chi connectivity index (χ2n) is 3.55. The summed E-state index contributed by atoms with van der Waals surface area (Å²) in [5.41, 5.74) is 8.82. The third-order valence-electron chi connectivity index (χ3n) is 2.58. The molecule has 0 aliphatic rings. The van der Waals surface area contributed by atoms with Gasteiger partial charge in [-0.1, -0.05) is 29.3 Å². The molecule has 0 fully saturated rings. The van der Waals surface area contributed by atoms with Crippen molar-refractivity contribution in [2.75, 3.05) is 6.54 Å². The highest BCUT2D eigenvalue weighted by Gasteiger charge is 2.11. The molecule has 0 radical (unpaired) electrons. The first kappa shape index (κ1) is 10.8. The van der Waals surface area contributed by atoms with Gasteiger partial charge in [0.15, 0.2) is 0 Å². The predicted octanol–water partition coefficient (Wildman–Crippen LogP) is 3.28. The zero-order chi connectivity index (χ0) is 11.0. The average Bonchev–Trinajstić information content (AvgIpc) is 2.52. The van der Waals surface area contributed by atoms with Gasteiger partial charge >= 0.3 is 0 Å². The van der Waals surface area contributed by atoms with E-state index in [0.29, 0.717) is 16.6 Å². The molecule has 0 unspecified atom stereocenters. The molecule has 2 rings (SSSR count). The summed E-state index contributed by atoms with van der Waals surface area (Å²) in [6, 6.07) is 3.80. The van der Waals surface area contributed by atoms with Crippen LogP contribution in [0, 0.1) is 6.92 Å². The predicted molar refractivity (Wildman–Crippen MR) is 65.8 cm³/mol. The highest BCUT2D eigenvalue weighted by atomic mass is 35.5. The summed E-state index contributed by atoms with van der Waals surface area (Å²) in [5.74, 6) is 0. The number of aryl methyl sites for hydroxylation is 1. The molecule has 0 amide bonds. The zero-order valence-electron chi connectivity index (χ0n) is 8.40. The fraction of sp³-hybridized carbons (Fsp3) is 0.273. The Hall–Kier alpha value is -0.700. The number of aromatic amines is 1. The van der Waals surface area contributed by atoms with Crippen LogP contribution in [0.2, 0.25) is 10.0 Å². The van der Waals surface area contributed by atoms with E-state index in [9.17, 15) is 0 Å². The SMILES string of the molecule is Cc1[nH]c2c(Cl)c(Cl)ccc2c1CCN. The topological polar surface area (TPSA) is 41.8 Å². The Bertz CT molecular complexity index is 503. The molecule has 0 bridgehead atoms. The molecule has 0 saturated carbocycles. The number of nitrogens with one attached hydrogen (secondary N) is 1. The van der Waals surface area contributed by atoms with Crippen LogP contribution in [0.5, 0.6) is 0 Å². The van der Waals surface area contributed by atoms with E-state index in [-0.39, 0.29) is 0 Å². The molecule has 0 atom stereocenters. The van der Waals surface area contributed by atoms with Crippen molar-refractivity contribution >= 4 is 34.1 Å².